The van der Waals surface area contributed by atoms with Gasteiger partial charge in [-0.3, -0.25) is 4.79 Å². The summed E-state index contributed by atoms with van der Waals surface area (Å²) in [6.45, 7) is 1.67. The summed E-state index contributed by atoms with van der Waals surface area (Å²) in [6.07, 6.45) is 0.138. The van der Waals surface area contributed by atoms with Gasteiger partial charge in [-0.1, -0.05) is 0 Å². The van der Waals surface area contributed by atoms with Crippen molar-refractivity contribution in [3.05, 3.63) is 29.8 Å². The van der Waals surface area contributed by atoms with Crippen LogP contribution in [-0.2, 0) is 14.6 Å². The largest absolute Gasteiger partial charge is 0.481 e. The molecule has 0 amide bonds. The van der Waals surface area contributed by atoms with Crippen LogP contribution in [0.5, 0.6) is 0 Å². The zero-order valence-corrected chi connectivity index (χ0v) is 12.2. The number of aliphatic carboxylic acids is 1. The topological polar surface area (TPSA) is 98.5 Å². The van der Waals surface area contributed by atoms with Crippen LogP contribution in [-0.4, -0.2) is 49.8 Å². The Morgan fingerprint density at radius 2 is 1.95 bits per heavy atom. The van der Waals surface area contributed by atoms with Gasteiger partial charge < -0.3 is 10.0 Å². The fourth-order valence-corrected chi connectivity index (χ4v) is 3.62. The Morgan fingerprint density at radius 1 is 1.33 bits per heavy atom. The minimum Gasteiger partial charge on any atom is -0.481 e. The van der Waals surface area contributed by atoms with Crippen molar-refractivity contribution in [3.8, 4) is 6.07 Å². The van der Waals surface area contributed by atoms with E-state index < -0.39 is 15.8 Å². The standard InChI is InChI=1S/C14H16N2O4S/c15-8-11-1-3-13(4-2-11)21(19,20)6-5-16-9-12(10-16)7-14(17)18/h1-4,12H,5-7,9-10H2,(H,17,18). The normalized spacial score (nSPS) is 16.1. The van der Waals surface area contributed by atoms with Gasteiger partial charge >= 0.3 is 5.97 Å². The highest BCUT2D eigenvalue weighted by molar-refractivity contribution is 7.91. The van der Waals surface area contributed by atoms with Crippen molar-refractivity contribution in [1.82, 2.24) is 4.90 Å². The maximum atomic E-state index is 12.1. The quantitative estimate of drug-likeness (QED) is 0.832. The molecular formula is C14H16N2O4S. The number of benzene rings is 1. The van der Waals surface area contributed by atoms with Crippen molar-refractivity contribution in [2.24, 2.45) is 5.92 Å². The van der Waals surface area contributed by atoms with Crippen molar-refractivity contribution >= 4 is 15.8 Å². The first-order chi connectivity index (χ1) is 9.90. The summed E-state index contributed by atoms with van der Waals surface area (Å²) in [5, 5.41) is 17.3. The van der Waals surface area contributed by atoms with Crippen LogP contribution in [0.2, 0.25) is 0 Å². The first-order valence-electron chi connectivity index (χ1n) is 6.58. The monoisotopic (exact) mass is 308 g/mol. The van der Waals surface area contributed by atoms with Crippen molar-refractivity contribution < 1.29 is 18.3 Å². The van der Waals surface area contributed by atoms with Gasteiger partial charge in [0, 0.05) is 19.6 Å². The lowest BCUT2D eigenvalue weighted by Gasteiger charge is -2.38. The number of nitrogens with zero attached hydrogens (tertiary/aromatic N) is 2. The summed E-state index contributed by atoms with van der Waals surface area (Å²) >= 11 is 0. The zero-order chi connectivity index (χ0) is 15.5. The van der Waals surface area contributed by atoms with E-state index in [2.05, 4.69) is 0 Å². The molecule has 0 spiro atoms. The summed E-state index contributed by atoms with van der Waals surface area (Å²) in [5.41, 5.74) is 0.424. The molecule has 1 heterocycles. The van der Waals surface area contributed by atoms with E-state index in [9.17, 15) is 13.2 Å². The molecule has 0 radical (unpaired) electrons. The molecule has 0 saturated carbocycles. The second kappa shape index (κ2) is 6.24. The van der Waals surface area contributed by atoms with Crippen LogP contribution in [0, 0.1) is 17.2 Å². The summed E-state index contributed by atoms with van der Waals surface area (Å²) in [4.78, 5) is 12.7. The lowest BCUT2D eigenvalue weighted by atomic mass is 9.97. The number of carbonyl (C=O) groups is 1. The Kier molecular flexibility index (Phi) is 4.60. The van der Waals surface area contributed by atoms with Crippen molar-refractivity contribution in [3.63, 3.8) is 0 Å². The number of carboxylic acids is 1. The van der Waals surface area contributed by atoms with Crippen LogP contribution < -0.4 is 0 Å². The number of hydrogen-bond donors (Lipinski definition) is 1. The predicted molar refractivity (Wildman–Crippen MR) is 75.4 cm³/mol. The van der Waals surface area contributed by atoms with E-state index in [-0.39, 0.29) is 23.0 Å². The van der Waals surface area contributed by atoms with E-state index in [4.69, 9.17) is 10.4 Å². The molecule has 1 N–H and O–H groups in total. The third-order valence-electron chi connectivity index (χ3n) is 3.51. The maximum Gasteiger partial charge on any atom is 0.303 e. The molecule has 0 unspecified atom stereocenters. The molecule has 1 fully saturated rings. The molecule has 1 aliphatic rings. The van der Waals surface area contributed by atoms with E-state index in [1.165, 1.54) is 24.3 Å². The van der Waals surface area contributed by atoms with Crippen LogP contribution in [0.25, 0.3) is 0 Å². The lowest BCUT2D eigenvalue weighted by Crippen LogP contribution is -2.49. The highest BCUT2D eigenvalue weighted by Crippen LogP contribution is 2.20. The maximum absolute atomic E-state index is 12.1. The second-order valence-electron chi connectivity index (χ2n) is 5.18. The van der Waals surface area contributed by atoms with Gasteiger partial charge in [-0.25, -0.2) is 8.42 Å². The zero-order valence-electron chi connectivity index (χ0n) is 11.4. The molecule has 112 valence electrons. The Balaban J connectivity index is 1.85. The SMILES string of the molecule is N#Cc1ccc(S(=O)(=O)CCN2CC(CC(=O)O)C2)cc1. The number of carboxylic acid groups (broad SMARTS) is 1. The van der Waals surface area contributed by atoms with Crippen molar-refractivity contribution in [1.29, 1.82) is 5.26 Å². The third-order valence-corrected chi connectivity index (χ3v) is 5.23. The van der Waals surface area contributed by atoms with Crippen LogP contribution in [0.4, 0.5) is 0 Å². The molecule has 1 aromatic rings. The van der Waals surface area contributed by atoms with Crippen LogP contribution in [0.15, 0.2) is 29.2 Å². The second-order valence-corrected chi connectivity index (χ2v) is 7.29. The highest BCUT2D eigenvalue weighted by atomic mass is 32.2. The van der Waals surface area contributed by atoms with Gasteiger partial charge in [0.15, 0.2) is 9.84 Å². The number of sulfone groups is 1. The first-order valence-corrected chi connectivity index (χ1v) is 8.23. The van der Waals surface area contributed by atoms with Gasteiger partial charge in [0.1, 0.15) is 0 Å². The molecule has 6 nitrogen and oxygen atoms in total. The number of likely N-dealkylation sites (tertiary alicyclic amines) is 1. The molecule has 21 heavy (non-hydrogen) atoms. The molecule has 1 saturated heterocycles. The fraction of sp³-hybridized carbons (Fsp3) is 0.429. The van der Waals surface area contributed by atoms with Crippen LogP contribution in [0.3, 0.4) is 0 Å². The Hall–Kier alpha value is -1.91. The molecule has 7 heteroatoms. The van der Waals surface area contributed by atoms with Gasteiger partial charge in [-0.2, -0.15) is 5.26 Å². The van der Waals surface area contributed by atoms with E-state index in [0.717, 1.165) is 0 Å². The molecule has 0 atom stereocenters. The summed E-state index contributed by atoms with van der Waals surface area (Å²) in [5.74, 6) is -0.691. The predicted octanol–water partition coefficient (Wildman–Crippen LogP) is 0.738. The first kappa shape index (κ1) is 15.5. The molecule has 2 rings (SSSR count). The summed E-state index contributed by atoms with van der Waals surface area (Å²) < 4.78 is 24.3. The number of nitriles is 1. The van der Waals surface area contributed by atoms with Crippen molar-refractivity contribution in [2.75, 3.05) is 25.4 Å². The summed E-state index contributed by atoms with van der Waals surface area (Å²) in [6, 6.07) is 7.80. The smallest absolute Gasteiger partial charge is 0.303 e. The molecule has 0 bridgehead atoms. The molecular weight excluding hydrogens is 292 g/mol. The van der Waals surface area contributed by atoms with Gasteiger partial charge in [0.25, 0.3) is 0 Å². The minimum atomic E-state index is -3.36. The fourth-order valence-electron chi connectivity index (χ4n) is 2.34. The molecule has 0 aromatic heterocycles. The van der Waals surface area contributed by atoms with E-state index >= 15 is 0 Å². The molecule has 1 aromatic carbocycles. The Labute approximate surface area is 123 Å². The third kappa shape index (κ3) is 4.03. The van der Waals surface area contributed by atoms with Crippen LogP contribution in [0.1, 0.15) is 12.0 Å². The molecule has 0 aliphatic carbocycles. The average Bonchev–Trinajstić information content (AvgIpc) is 2.41. The highest BCUT2D eigenvalue weighted by Gasteiger charge is 2.29. The number of hydrogen-bond acceptors (Lipinski definition) is 5. The average molecular weight is 308 g/mol. The minimum absolute atomic E-state index is 0.00130. The molecule has 1 aliphatic heterocycles. The number of rotatable bonds is 6. The Bertz CT molecular complexity index is 655. The Morgan fingerprint density at radius 3 is 2.48 bits per heavy atom. The van der Waals surface area contributed by atoms with Gasteiger partial charge in [-0.15, -0.1) is 0 Å². The van der Waals surface area contributed by atoms with Crippen molar-refractivity contribution in [2.45, 2.75) is 11.3 Å². The summed E-state index contributed by atoms with van der Waals surface area (Å²) in [7, 11) is -3.36. The van der Waals surface area contributed by atoms with E-state index in [0.29, 0.717) is 25.2 Å². The van der Waals surface area contributed by atoms with Gasteiger partial charge in [0.2, 0.25) is 0 Å². The van der Waals surface area contributed by atoms with Crippen LogP contribution >= 0.6 is 0 Å². The van der Waals surface area contributed by atoms with E-state index in [1.54, 1.807) is 0 Å². The van der Waals surface area contributed by atoms with E-state index in [1.807, 2.05) is 11.0 Å². The lowest BCUT2D eigenvalue weighted by molar-refractivity contribution is -0.139. The van der Waals surface area contributed by atoms with Gasteiger partial charge in [-0.05, 0) is 30.2 Å². The van der Waals surface area contributed by atoms with Gasteiger partial charge in [0.05, 0.1) is 28.7 Å².